The van der Waals surface area contributed by atoms with Gasteiger partial charge in [-0.25, -0.2) is 0 Å². The monoisotopic (exact) mass is 394 g/mol. The van der Waals surface area contributed by atoms with Crippen molar-refractivity contribution < 1.29 is 14.1 Å². The summed E-state index contributed by atoms with van der Waals surface area (Å²) in [6, 6.07) is 11.9. The molecule has 2 aromatic carbocycles. The number of nitrogens with one attached hydrogen (secondary N) is 1. The van der Waals surface area contributed by atoms with Crippen molar-refractivity contribution in [2.45, 2.75) is 13.8 Å². The molecule has 4 aromatic rings. The van der Waals surface area contributed by atoms with Crippen molar-refractivity contribution >= 4 is 39.0 Å². The lowest BCUT2D eigenvalue weighted by Crippen LogP contribution is -2.10. The van der Waals surface area contributed by atoms with Crippen LogP contribution in [0.25, 0.3) is 21.5 Å². The smallest absolute Gasteiger partial charge is 0.322 e. The summed E-state index contributed by atoms with van der Waals surface area (Å²) in [6.07, 6.45) is 0. The van der Waals surface area contributed by atoms with Crippen LogP contribution in [0.4, 0.5) is 11.7 Å². The first-order valence-corrected chi connectivity index (χ1v) is 9.13. The van der Waals surface area contributed by atoms with Crippen molar-refractivity contribution in [3.8, 4) is 11.5 Å². The molecule has 8 nitrogen and oxygen atoms in total. The SMILES string of the molecule is Cc1ccc(-c2nnc(NC(=O)c3cc4cc([N+](=O)[O-])ccc4s3)o2)c(C)c1. The molecule has 0 saturated carbocycles. The minimum atomic E-state index is -0.468. The molecule has 1 N–H and O–H groups in total. The van der Waals surface area contributed by atoms with Crippen LogP contribution in [-0.4, -0.2) is 21.0 Å². The Morgan fingerprint density at radius 3 is 2.71 bits per heavy atom. The number of carbonyl (C=O) groups is 1. The van der Waals surface area contributed by atoms with Gasteiger partial charge in [-0.1, -0.05) is 22.8 Å². The summed E-state index contributed by atoms with van der Waals surface area (Å²) in [5.74, 6) is -0.0977. The second kappa shape index (κ2) is 6.86. The number of nitrogens with zero attached hydrogens (tertiary/aromatic N) is 3. The molecule has 1 amide bonds. The number of thiophene rings is 1. The second-order valence-electron chi connectivity index (χ2n) is 6.27. The highest BCUT2D eigenvalue weighted by molar-refractivity contribution is 7.20. The zero-order chi connectivity index (χ0) is 19.8. The molecule has 0 unspecified atom stereocenters. The number of anilines is 1. The third kappa shape index (κ3) is 3.35. The summed E-state index contributed by atoms with van der Waals surface area (Å²) in [6.45, 7) is 3.94. The number of carbonyl (C=O) groups excluding carboxylic acids is 1. The van der Waals surface area contributed by atoms with Crippen molar-refractivity contribution in [3.05, 3.63) is 68.6 Å². The number of nitro groups is 1. The summed E-state index contributed by atoms with van der Waals surface area (Å²) in [4.78, 5) is 23.3. The maximum atomic E-state index is 12.5. The van der Waals surface area contributed by atoms with E-state index in [0.717, 1.165) is 21.4 Å². The predicted molar refractivity (Wildman–Crippen MR) is 106 cm³/mol. The van der Waals surface area contributed by atoms with E-state index in [1.54, 1.807) is 12.1 Å². The largest absolute Gasteiger partial charge is 0.403 e. The lowest BCUT2D eigenvalue weighted by atomic mass is 10.1. The molecule has 0 fully saturated rings. The number of hydrogen-bond donors (Lipinski definition) is 1. The molecule has 9 heteroatoms. The van der Waals surface area contributed by atoms with Crippen LogP contribution in [0.15, 0.2) is 46.9 Å². The van der Waals surface area contributed by atoms with Crippen LogP contribution in [-0.2, 0) is 0 Å². The minimum Gasteiger partial charge on any atom is -0.403 e. The molecule has 0 atom stereocenters. The van der Waals surface area contributed by atoms with Crippen LogP contribution in [0, 0.1) is 24.0 Å². The van der Waals surface area contributed by atoms with E-state index in [0.29, 0.717) is 16.2 Å². The van der Waals surface area contributed by atoms with Gasteiger partial charge in [-0.3, -0.25) is 20.2 Å². The molecule has 140 valence electrons. The van der Waals surface area contributed by atoms with Crippen molar-refractivity contribution in [1.29, 1.82) is 0 Å². The highest BCUT2D eigenvalue weighted by Crippen LogP contribution is 2.30. The average molecular weight is 394 g/mol. The Morgan fingerprint density at radius 2 is 1.96 bits per heavy atom. The maximum absolute atomic E-state index is 12.5. The Bertz CT molecular complexity index is 1230. The molecular formula is C19H14N4O4S. The van der Waals surface area contributed by atoms with Gasteiger partial charge in [0, 0.05) is 27.8 Å². The molecule has 4 rings (SSSR count). The highest BCUT2D eigenvalue weighted by atomic mass is 32.1. The first-order chi connectivity index (χ1) is 13.4. The Hall–Kier alpha value is -3.59. The summed E-state index contributed by atoms with van der Waals surface area (Å²) >= 11 is 1.23. The van der Waals surface area contributed by atoms with Crippen LogP contribution in [0.3, 0.4) is 0 Å². The standard InChI is InChI=1S/C19H14N4O4S/c1-10-3-5-14(11(2)7-10)18-21-22-19(27-18)20-17(24)16-9-12-8-13(23(25)26)4-6-15(12)28-16/h3-9H,1-2H3,(H,20,22,24). The van der Waals surface area contributed by atoms with E-state index in [1.807, 2.05) is 32.0 Å². The van der Waals surface area contributed by atoms with E-state index in [1.165, 1.54) is 23.5 Å². The van der Waals surface area contributed by atoms with Crippen molar-refractivity contribution in [2.24, 2.45) is 0 Å². The van der Waals surface area contributed by atoms with Gasteiger partial charge in [-0.15, -0.1) is 16.4 Å². The van der Waals surface area contributed by atoms with Gasteiger partial charge in [-0.2, -0.15) is 0 Å². The number of nitro benzene ring substituents is 1. The molecular weight excluding hydrogens is 380 g/mol. The second-order valence-corrected chi connectivity index (χ2v) is 7.36. The van der Waals surface area contributed by atoms with Gasteiger partial charge in [0.25, 0.3) is 11.6 Å². The van der Waals surface area contributed by atoms with Crippen LogP contribution in [0.2, 0.25) is 0 Å². The molecule has 0 radical (unpaired) electrons. The summed E-state index contributed by atoms with van der Waals surface area (Å²) in [7, 11) is 0. The first kappa shape index (κ1) is 17.8. The van der Waals surface area contributed by atoms with Gasteiger partial charge in [0.2, 0.25) is 5.89 Å². The van der Waals surface area contributed by atoms with Gasteiger partial charge in [0.1, 0.15) is 0 Å². The van der Waals surface area contributed by atoms with E-state index < -0.39 is 10.8 Å². The highest BCUT2D eigenvalue weighted by Gasteiger charge is 2.17. The van der Waals surface area contributed by atoms with Gasteiger partial charge >= 0.3 is 6.01 Å². The van der Waals surface area contributed by atoms with Crippen LogP contribution < -0.4 is 5.32 Å². The minimum absolute atomic E-state index is 0.0107. The fraction of sp³-hybridized carbons (Fsp3) is 0.105. The number of fused-ring (bicyclic) bond motifs is 1. The molecule has 0 aliphatic carbocycles. The normalized spacial score (nSPS) is 10.9. The quantitative estimate of drug-likeness (QED) is 0.396. The summed E-state index contributed by atoms with van der Waals surface area (Å²) in [5.41, 5.74) is 2.90. The topological polar surface area (TPSA) is 111 Å². The molecule has 0 spiro atoms. The Morgan fingerprint density at radius 1 is 1.14 bits per heavy atom. The van der Waals surface area contributed by atoms with E-state index in [9.17, 15) is 14.9 Å². The summed E-state index contributed by atoms with van der Waals surface area (Å²) in [5, 5.41) is 22.0. The van der Waals surface area contributed by atoms with Crippen LogP contribution >= 0.6 is 11.3 Å². The van der Waals surface area contributed by atoms with Crippen molar-refractivity contribution in [1.82, 2.24) is 10.2 Å². The van der Waals surface area contributed by atoms with Crippen molar-refractivity contribution in [2.75, 3.05) is 5.32 Å². The third-order valence-electron chi connectivity index (χ3n) is 4.19. The van der Waals surface area contributed by atoms with Crippen LogP contribution in [0.1, 0.15) is 20.8 Å². The van der Waals surface area contributed by atoms with E-state index in [2.05, 4.69) is 15.5 Å². The van der Waals surface area contributed by atoms with E-state index in [-0.39, 0.29) is 11.7 Å². The number of aromatic nitrogens is 2. The Balaban J connectivity index is 1.56. The molecule has 0 bridgehead atoms. The Kier molecular flexibility index (Phi) is 4.36. The number of hydrogen-bond acceptors (Lipinski definition) is 7. The number of amides is 1. The predicted octanol–water partition coefficient (Wildman–Crippen LogP) is 4.73. The maximum Gasteiger partial charge on any atom is 0.322 e. The first-order valence-electron chi connectivity index (χ1n) is 8.31. The van der Waals surface area contributed by atoms with E-state index >= 15 is 0 Å². The number of benzene rings is 2. The summed E-state index contributed by atoms with van der Waals surface area (Å²) < 4.78 is 6.34. The molecule has 0 aliphatic rings. The van der Waals surface area contributed by atoms with Crippen molar-refractivity contribution in [3.63, 3.8) is 0 Å². The van der Waals surface area contributed by atoms with Gasteiger partial charge in [0.05, 0.1) is 9.80 Å². The Labute approximate surface area is 163 Å². The van der Waals surface area contributed by atoms with E-state index in [4.69, 9.17) is 4.42 Å². The van der Waals surface area contributed by atoms with Gasteiger partial charge < -0.3 is 4.42 Å². The molecule has 2 aromatic heterocycles. The average Bonchev–Trinajstić information content (AvgIpc) is 3.27. The number of aryl methyl sites for hydroxylation is 2. The number of non-ortho nitro benzene ring substituents is 1. The van der Waals surface area contributed by atoms with Crippen LogP contribution in [0.5, 0.6) is 0 Å². The molecule has 2 heterocycles. The van der Waals surface area contributed by atoms with Gasteiger partial charge in [0.15, 0.2) is 0 Å². The lowest BCUT2D eigenvalue weighted by Gasteiger charge is -2.01. The lowest BCUT2D eigenvalue weighted by molar-refractivity contribution is -0.384. The third-order valence-corrected chi connectivity index (χ3v) is 5.31. The van der Waals surface area contributed by atoms with Gasteiger partial charge in [-0.05, 0) is 37.6 Å². The number of rotatable bonds is 4. The molecule has 0 saturated heterocycles. The zero-order valence-corrected chi connectivity index (χ0v) is 15.7. The molecule has 28 heavy (non-hydrogen) atoms. The fourth-order valence-corrected chi connectivity index (χ4v) is 3.79. The fourth-order valence-electron chi connectivity index (χ4n) is 2.85. The zero-order valence-electron chi connectivity index (χ0n) is 14.9. The molecule has 0 aliphatic heterocycles.